The maximum Gasteiger partial charge on any atom is 0.327 e. The third-order valence-corrected chi connectivity index (χ3v) is 0.893. The molecule has 1 rings (SSSR count). The fourth-order valence-corrected chi connectivity index (χ4v) is 0.400. The zero-order valence-corrected chi connectivity index (χ0v) is 6.32. The van der Waals surface area contributed by atoms with Crippen molar-refractivity contribution in [3.63, 3.8) is 0 Å². The van der Waals surface area contributed by atoms with E-state index in [-0.39, 0.29) is 0 Å². The molecule has 1 aromatic heterocycles. The Morgan fingerprint density at radius 1 is 1.83 bits per heavy atom. The summed E-state index contributed by atoms with van der Waals surface area (Å²) < 4.78 is 0. The number of aromatic amines is 1. The zero-order valence-electron chi connectivity index (χ0n) is 6.32. The van der Waals surface area contributed by atoms with Crippen molar-refractivity contribution in [1.29, 1.82) is 5.26 Å². The Kier molecular flexibility index (Phi) is 4.77. The van der Waals surface area contributed by atoms with E-state index in [0.29, 0.717) is 5.69 Å². The molecule has 0 amide bonds. The molecule has 0 bridgehead atoms. The molecule has 0 aliphatic rings. The van der Waals surface area contributed by atoms with Crippen LogP contribution in [-0.2, 0) is 4.79 Å². The topological polar surface area (TPSA) is 76.9 Å². The molecule has 0 fully saturated rings. The van der Waals surface area contributed by atoms with Crippen LogP contribution in [0.25, 0.3) is 0 Å². The first kappa shape index (κ1) is 9.98. The predicted molar refractivity (Wildman–Crippen MR) is 43.3 cm³/mol. The number of rotatable bonds is 1. The highest BCUT2D eigenvalue weighted by molar-refractivity contribution is 5.78. The number of hydrogen-bond acceptors (Lipinski definition) is 2. The number of H-pyrrole nitrogens is 1. The van der Waals surface area contributed by atoms with Crippen LogP contribution >= 0.6 is 0 Å². The second-order valence-electron chi connectivity index (χ2n) is 1.74. The van der Waals surface area contributed by atoms with Crippen LogP contribution in [0.15, 0.2) is 31.0 Å². The summed E-state index contributed by atoms with van der Waals surface area (Å²) in [5.41, 5.74) is 0.611. The summed E-state index contributed by atoms with van der Waals surface area (Å²) in [4.78, 5) is 12.0. The quantitative estimate of drug-likeness (QED) is 0.611. The number of carbonyl (C=O) groups is 1. The molecular formula is C8H8N2O2. The first-order valence-corrected chi connectivity index (χ1v) is 3.09. The average Bonchev–Trinajstić information content (AvgIpc) is 2.57. The maximum absolute atomic E-state index is 9.25. The number of nitrogens with one attached hydrogen (secondary N) is 1. The Morgan fingerprint density at radius 2 is 2.42 bits per heavy atom. The lowest BCUT2D eigenvalue weighted by molar-refractivity contribution is -0.131. The minimum atomic E-state index is -0.981. The Morgan fingerprint density at radius 3 is 2.58 bits per heavy atom. The SMILES string of the molecule is C=CC(=O)O.N#Cc1ccc[nH]1. The Hall–Kier alpha value is -2.02. The Bertz CT molecular complexity index is 283. The summed E-state index contributed by atoms with van der Waals surface area (Å²) in [5, 5.41) is 15.7. The lowest BCUT2D eigenvalue weighted by Crippen LogP contribution is -1.82. The van der Waals surface area contributed by atoms with Gasteiger partial charge in [0.2, 0.25) is 0 Å². The molecule has 0 aliphatic heterocycles. The van der Waals surface area contributed by atoms with Crippen molar-refractivity contribution in [2.24, 2.45) is 0 Å². The Labute approximate surface area is 69.8 Å². The van der Waals surface area contributed by atoms with Crippen LogP contribution in [0.1, 0.15) is 5.69 Å². The van der Waals surface area contributed by atoms with Gasteiger partial charge in [-0.05, 0) is 12.1 Å². The van der Waals surface area contributed by atoms with Crippen molar-refractivity contribution in [2.45, 2.75) is 0 Å². The molecule has 12 heavy (non-hydrogen) atoms. The fraction of sp³-hybridized carbons (Fsp3) is 0. The number of aromatic nitrogens is 1. The third kappa shape index (κ3) is 4.82. The van der Waals surface area contributed by atoms with E-state index < -0.39 is 5.97 Å². The maximum atomic E-state index is 9.25. The molecule has 0 spiro atoms. The molecule has 4 nitrogen and oxygen atoms in total. The van der Waals surface area contributed by atoms with E-state index in [4.69, 9.17) is 10.4 Å². The highest BCUT2D eigenvalue weighted by atomic mass is 16.4. The molecule has 2 N–H and O–H groups in total. The summed E-state index contributed by atoms with van der Waals surface area (Å²) in [7, 11) is 0. The lowest BCUT2D eigenvalue weighted by atomic mass is 10.5. The summed E-state index contributed by atoms with van der Waals surface area (Å²) in [6.07, 6.45) is 2.55. The number of hydrogen-bond donors (Lipinski definition) is 2. The molecule has 0 radical (unpaired) electrons. The number of aliphatic carboxylic acids is 1. The van der Waals surface area contributed by atoms with Crippen molar-refractivity contribution >= 4 is 5.97 Å². The lowest BCUT2D eigenvalue weighted by Gasteiger charge is -1.66. The smallest absolute Gasteiger partial charge is 0.327 e. The van der Waals surface area contributed by atoms with Crippen molar-refractivity contribution in [2.75, 3.05) is 0 Å². The van der Waals surface area contributed by atoms with Crippen molar-refractivity contribution in [1.82, 2.24) is 4.98 Å². The van der Waals surface area contributed by atoms with E-state index in [9.17, 15) is 4.79 Å². The van der Waals surface area contributed by atoms with Crippen LogP contribution in [0.5, 0.6) is 0 Å². The van der Waals surface area contributed by atoms with E-state index >= 15 is 0 Å². The van der Waals surface area contributed by atoms with Gasteiger partial charge in [-0.2, -0.15) is 5.26 Å². The first-order chi connectivity index (χ1) is 5.70. The molecule has 1 aromatic rings. The van der Waals surface area contributed by atoms with Crippen molar-refractivity contribution in [3.8, 4) is 6.07 Å². The average molecular weight is 164 g/mol. The zero-order chi connectivity index (χ0) is 9.40. The number of carboxylic acid groups (broad SMARTS) is 1. The van der Waals surface area contributed by atoms with Crippen LogP contribution in [0.4, 0.5) is 0 Å². The fourth-order valence-electron chi connectivity index (χ4n) is 0.400. The first-order valence-electron chi connectivity index (χ1n) is 3.09. The van der Waals surface area contributed by atoms with Gasteiger partial charge in [0.15, 0.2) is 0 Å². The van der Waals surface area contributed by atoms with Crippen LogP contribution < -0.4 is 0 Å². The van der Waals surface area contributed by atoms with E-state index in [1.54, 1.807) is 18.3 Å². The van der Waals surface area contributed by atoms with Crippen LogP contribution in [0.2, 0.25) is 0 Å². The van der Waals surface area contributed by atoms with Crippen molar-refractivity contribution in [3.05, 3.63) is 36.7 Å². The Balaban J connectivity index is 0.000000217. The van der Waals surface area contributed by atoms with Gasteiger partial charge in [0.25, 0.3) is 0 Å². The van der Waals surface area contributed by atoms with Gasteiger partial charge in [0, 0.05) is 12.3 Å². The van der Waals surface area contributed by atoms with Gasteiger partial charge >= 0.3 is 5.97 Å². The van der Waals surface area contributed by atoms with E-state index in [1.807, 2.05) is 6.07 Å². The summed E-state index contributed by atoms with van der Waals surface area (Å²) in [6, 6.07) is 5.46. The van der Waals surface area contributed by atoms with Crippen LogP contribution in [-0.4, -0.2) is 16.1 Å². The van der Waals surface area contributed by atoms with Gasteiger partial charge < -0.3 is 10.1 Å². The standard InChI is InChI=1S/C5H4N2.C3H4O2/c6-4-5-2-1-3-7-5;1-2-3(4)5/h1-3,7H;2H,1H2,(H,4,5). The number of carboxylic acids is 1. The molecule has 0 aromatic carbocycles. The van der Waals surface area contributed by atoms with E-state index in [1.165, 1.54) is 0 Å². The second kappa shape index (κ2) is 5.74. The van der Waals surface area contributed by atoms with Gasteiger partial charge in [-0.1, -0.05) is 6.58 Å². The molecule has 4 heteroatoms. The monoisotopic (exact) mass is 164 g/mol. The largest absolute Gasteiger partial charge is 0.478 e. The second-order valence-corrected chi connectivity index (χ2v) is 1.74. The highest BCUT2D eigenvalue weighted by Crippen LogP contribution is 1.87. The van der Waals surface area contributed by atoms with Gasteiger partial charge in [0.05, 0.1) is 0 Å². The van der Waals surface area contributed by atoms with E-state index in [0.717, 1.165) is 6.08 Å². The molecule has 0 unspecified atom stereocenters. The summed E-state index contributed by atoms with van der Waals surface area (Å²) in [6.45, 7) is 2.96. The molecule has 0 saturated carbocycles. The highest BCUT2D eigenvalue weighted by Gasteiger charge is 1.80. The number of nitriles is 1. The normalized spacial score (nSPS) is 7.25. The number of nitrogens with zero attached hydrogens (tertiary/aromatic N) is 1. The third-order valence-electron chi connectivity index (χ3n) is 0.893. The minimum Gasteiger partial charge on any atom is -0.478 e. The van der Waals surface area contributed by atoms with Crippen LogP contribution in [0, 0.1) is 11.3 Å². The molecule has 1 heterocycles. The molecule has 0 aliphatic carbocycles. The summed E-state index contributed by atoms with van der Waals surface area (Å²) in [5.74, 6) is -0.981. The van der Waals surface area contributed by atoms with Gasteiger partial charge in [-0.15, -0.1) is 0 Å². The van der Waals surface area contributed by atoms with Crippen molar-refractivity contribution < 1.29 is 9.90 Å². The minimum absolute atomic E-state index is 0.611. The molecule has 0 saturated heterocycles. The van der Waals surface area contributed by atoms with Gasteiger partial charge in [0.1, 0.15) is 11.8 Å². The molecule has 62 valence electrons. The van der Waals surface area contributed by atoms with Gasteiger partial charge in [-0.25, -0.2) is 4.79 Å². The van der Waals surface area contributed by atoms with Gasteiger partial charge in [-0.3, -0.25) is 0 Å². The molecule has 0 atom stereocenters. The molecular weight excluding hydrogens is 156 g/mol. The van der Waals surface area contributed by atoms with E-state index in [2.05, 4.69) is 11.6 Å². The summed E-state index contributed by atoms with van der Waals surface area (Å²) >= 11 is 0. The predicted octanol–water partition coefficient (Wildman–Crippen LogP) is 1.14. The van der Waals surface area contributed by atoms with Crippen LogP contribution in [0.3, 0.4) is 0 Å².